The smallest absolute Gasteiger partial charge is 0.329 e. The lowest BCUT2D eigenvalue weighted by molar-refractivity contribution is -0.139. The second kappa shape index (κ2) is 10.5. The normalized spacial score (nSPS) is 10.4. The van der Waals surface area contributed by atoms with Crippen molar-refractivity contribution >= 4 is 18.0 Å². The van der Waals surface area contributed by atoms with Crippen molar-refractivity contribution in [1.29, 1.82) is 0 Å². The fourth-order valence-electron chi connectivity index (χ4n) is 2.12. The van der Waals surface area contributed by atoms with Gasteiger partial charge in [0.15, 0.2) is 11.5 Å². The molecule has 0 heterocycles. The minimum Gasteiger partial charge on any atom is -0.493 e. The zero-order valence-corrected chi connectivity index (χ0v) is 15.3. The summed E-state index contributed by atoms with van der Waals surface area (Å²) in [5, 5.41) is 6.06. The molecule has 0 aliphatic rings. The summed E-state index contributed by atoms with van der Waals surface area (Å²) in [7, 11) is 1.47. The molecule has 0 fully saturated rings. The number of carbonyl (C=O) groups excluding carboxylic acids is 2. The SMILES string of the molecule is C=CCNC(=O)C(=O)N/N=C\c1ccc(OCc2ccccc2F)c(OC)c1. The molecule has 2 aromatic carbocycles. The Labute approximate surface area is 161 Å². The topological polar surface area (TPSA) is 89.0 Å². The minimum absolute atomic E-state index is 0.0480. The number of amides is 2. The molecule has 8 heteroatoms. The predicted molar refractivity (Wildman–Crippen MR) is 103 cm³/mol. The van der Waals surface area contributed by atoms with Crippen LogP contribution in [0.4, 0.5) is 4.39 Å². The third-order valence-corrected chi connectivity index (χ3v) is 3.52. The molecular weight excluding hydrogens is 365 g/mol. The lowest BCUT2D eigenvalue weighted by Crippen LogP contribution is -2.37. The van der Waals surface area contributed by atoms with E-state index in [4.69, 9.17) is 9.47 Å². The van der Waals surface area contributed by atoms with E-state index < -0.39 is 11.8 Å². The Bertz CT molecular complexity index is 884. The molecule has 146 valence electrons. The maximum atomic E-state index is 13.7. The van der Waals surface area contributed by atoms with Gasteiger partial charge < -0.3 is 14.8 Å². The maximum Gasteiger partial charge on any atom is 0.329 e. The standard InChI is InChI=1S/C20H20FN3O4/c1-3-10-22-19(25)20(26)24-23-12-14-8-9-17(18(11-14)27-2)28-13-15-6-4-5-7-16(15)21/h3-9,11-12H,1,10,13H2,2H3,(H,22,25)(H,24,26)/b23-12-. The van der Waals surface area contributed by atoms with E-state index in [1.807, 2.05) is 0 Å². The van der Waals surface area contributed by atoms with Gasteiger partial charge in [-0.3, -0.25) is 9.59 Å². The molecule has 28 heavy (non-hydrogen) atoms. The second-order valence-corrected chi connectivity index (χ2v) is 5.49. The first-order chi connectivity index (χ1) is 13.5. The number of methoxy groups -OCH3 is 1. The van der Waals surface area contributed by atoms with Gasteiger partial charge in [0, 0.05) is 12.1 Å². The summed E-state index contributed by atoms with van der Waals surface area (Å²) in [5.41, 5.74) is 3.14. The minimum atomic E-state index is -0.894. The highest BCUT2D eigenvalue weighted by atomic mass is 19.1. The summed E-state index contributed by atoms with van der Waals surface area (Å²) in [4.78, 5) is 22.9. The van der Waals surface area contributed by atoms with Gasteiger partial charge in [0.1, 0.15) is 12.4 Å². The van der Waals surface area contributed by atoms with Gasteiger partial charge in [-0.1, -0.05) is 24.3 Å². The van der Waals surface area contributed by atoms with Crippen molar-refractivity contribution in [2.75, 3.05) is 13.7 Å². The number of benzene rings is 2. The van der Waals surface area contributed by atoms with Crippen LogP contribution >= 0.6 is 0 Å². The van der Waals surface area contributed by atoms with E-state index in [1.165, 1.54) is 25.5 Å². The Morgan fingerprint density at radius 2 is 1.96 bits per heavy atom. The molecule has 0 saturated carbocycles. The molecule has 0 saturated heterocycles. The Kier molecular flexibility index (Phi) is 7.71. The molecule has 7 nitrogen and oxygen atoms in total. The lowest BCUT2D eigenvalue weighted by atomic mass is 10.2. The third-order valence-electron chi connectivity index (χ3n) is 3.52. The number of carbonyl (C=O) groups is 2. The summed E-state index contributed by atoms with van der Waals surface area (Å²) in [6.45, 7) is 3.67. The summed E-state index contributed by atoms with van der Waals surface area (Å²) in [5.74, 6) is -1.22. The van der Waals surface area contributed by atoms with Crippen LogP contribution in [0.2, 0.25) is 0 Å². The first kappa shape index (κ1) is 20.6. The van der Waals surface area contributed by atoms with Crippen LogP contribution in [-0.2, 0) is 16.2 Å². The van der Waals surface area contributed by atoms with Crippen LogP contribution in [0, 0.1) is 5.82 Å². The number of nitrogens with one attached hydrogen (secondary N) is 2. The lowest BCUT2D eigenvalue weighted by Gasteiger charge is -2.11. The van der Waals surface area contributed by atoms with E-state index in [0.29, 0.717) is 22.6 Å². The van der Waals surface area contributed by atoms with E-state index in [1.54, 1.807) is 36.4 Å². The first-order valence-electron chi connectivity index (χ1n) is 8.31. The molecule has 0 spiro atoms. The molecule has 0 atom stereocenters. The fraction of sp³-hybridized carbons (Fsp3) is 0.150. The van der Waals surface area contributed by atoms with E-state index in [2.05, 4.69) is 22.4 Å². The van der Waals surface area contributed by atoms with Crippen LogP contribution in [0.1, 0.15) is 11.1 Å². The number of rotatable bonds is 8. The Balaban J connectivity index is 1.98. The number of hydrogen-bond donors (Lipinski definition) is 2. The molecule has 2 amide bonds. The van der Waals surface area contributed by atoms with E-state index in [0.717, 1.165) is 0 Å². The molecule has 0 radical (unpaired) electrons. The number of nitrogens with zero attached hydrogens (tertiary/aromatic N) is 1. The monoisotopic (exact) mass is 385 g/mol. The zero-order valence-electron chi connectivity index (χ0n) is 15.3. The summed E-state index contributed by atoms with van der Waals surface area (Å²) < 4.78 is 24.6. The fourth-order valence-corrected chi connectivity index (χ4v) is 2.12. The molecule has 2 rings (SSSR count). The van der Waals surface area contributed by atoms with Crippen molar-refractivity contribution in [3.05, 3.63) is 72.1 Å². The van der Waals surface area contributed by atoms with Crippen molar-refractivity contribution in [2.24, 2.45) is 5.10 Å². The van der Waals surface area contributed by atoms with Crippen molar-refractivity contribution in [1.82, 2.24) is 10.7 Å². The van der Waals surface area contributed by atoms with Crippen LogP contribution in [0.5, 0.6) is 11.5 Å². The van der Waals surface area contributed by atoms with Crippen molar-refractivity contribution < 1.29 is 23.5 Å². The molecule has 0 bridgehead atoms. The third kappa shape index (κ3) is 5.94. The maximum absolute atomic E-state index is 13.7. The highest BCUT2D eigenvalue weighted by molar-refractivity contribution is 6.35. The molecule has 0 aliphatic heterocycles. The predicted octanol–water partition coefficient (Wildman–Crippen LogP) is 2.17. The van der Waals surface area contributed by atoms with Gasteiger partial charge in [0.25, 0.3) is 0 Å². The molecule has 2 aromatic rings. The van der Waals surface area contributed by atoms with Gasteiger partial charge in [-0.25, -0.2) is 9.82 Å². The van der Waals surface area contributed by atoms with E-state index >= 15 is 0 Å². The number of halogens is 1. The van der Waals surface area contributed by atoms with Gasteiger partial charge in [-0.2, -0.15) is 5.10 Å². The average Bonchev–Trinajstić information content (AvgIpc) is 2.71. The number of hydrazone groups is 1. The number of hydrogen-bond acceptors (Lipinski definition) is 5. The second-order valence-electron chi connectivity index (χ2n) is 5.49. The average molecular weight is 385 g/mol. The van der Waals surface area contributed by atoms with Gasteiger partial charge in [-0.15, -0.1) is 6.58 Å². The van der Waals surface area contributed by atoms with Gasteiger partial charge >= 0.3 is 11.8 Å². The Hall–Kier alpha value is -3.68. The summed E-state index contributed by atoms with van der Waals surface area (Å²) in [6, 6.07) is 11.3. The van der Waals surface area contributed by atoms with Crippen LogP contribution in [0.25, 0.3) is 0 Å². The Morgan fingerprint density at radius 1 is 1.18 bits per heavy atom. The largest absolute Gasteiger partial charge is 0.493 e. The van der Waals surface area contributed by atoms with Crippen LogP contribution in [0.15, 0.2) is 60.2 Å². The molecule has 0 unspecified atom stereocenters. The van der Waals surface area contributed by atoms with Crippen LogP contribution in [-0.4, -0.2) is 31.7 Å². The van der Waals surface area contributed by atoms with Gasteiger partial charge in [0.2, 0.25) is 0 Å². The zero-order chi connectivity index (χ0) is 20.4. The van der Waals surface area contributed by atoms with E-state index in [9.17, 15) is 14.0 Å². The van der Waals surface area contributed by atoms with Gasteiger partial charge in [-0.05, 0) is 29.8 Å². The van der Waals surface area contributed by atoms with Crippen LogP contribution < -0.4 is 20.2 Å². The van der Waals surface area contributed by atoms with Crippen molar-refractivity contribution in [2.45, 2.75) is 6.61 Å². The molecular formula is C20H20FN3O4. The summed E-state index contributed by atoms with van der Waals surface area (Å²) >= 11 is 0. The van der Waals surface area contributed by atoms with Crippen LogP contribution in [0.3, 0.4) is 0 Å². The molecule has 2 N–H and O–H groups in total. The van der Waals surface area contributed by atoms with Crippen molar-refractivity contribution in [3.8, 4) is 11.5 Å². The molecule has 0 aliphatic carbocycles. The van der Waals surface area contributed by atoms with E-state index in [-0.39, 0.29) is 19.0 Å². The first-order valence-corrected chi connectivity index (χ1v) is 8.31. The van der Waals surface area contributed by atoms with Crippen molar-refractivity contribution in [3.63, 3.8) is 0 Å². The van der Waals surface area contributed by atoms with Gasteiger partial charge in [0.05, 0.1) is 13.3 Å². The molecule has 0 aromatic heterocycles. The summed E-state index contributed by atoms with van der Waals surface area (Å²) in [6.07, 6.45) is 2.80. The number of ether oxygens (including phenoxy) is 2. The highest BCUT2D eigenvalue weighted by Crippen LogP contribution is 2.28. The quantitative estimate of drug-likeness (QED) is 0.315. The highest BCUT2D eigenvalue weighted by Gasteiger charge is 2.11. The Morgan fingerprint density at radius 3 is 2.68 bits per heavy atom.